The van der Waals surface area contributed by atoms with E-state index in [1.54, 1.807) is 0 Å². The van der Waals surface area contributed by atoms with Crippen LogP contribution in [0.5, 0.6) is 0 Å². The van der Waals surface area contributed by atoms with Gasteiger partial charge >= 0.3 is 194 Å². The van der Waals surface area contributed by atoms with Gasteiger partial charge in [-0.15, -0.1) is 0 Å². The molecule has 1 aliphatic rings. The Morgan fingerprint density at radius 1 is 0.625 bits per heavy atom. The molecule has 0 radical (unpaired) electrons. The topological polar surface area (TPSA) is 18.5 Å². The van der Waals surface area contributed by atoms with Gasteiger partial charge in [-0.1, -0.05) is 0 Å². The van der Waals surface area contributed by atoms with E-state index >= 15 is 0 Å². The number of aryl methyl sites for hydroxylation is 2. The van der Waals surface area contributed by atoms with Crippen LogP contribution in [-0.4, -0.2) is 6.79 Å². The molecule has 1 saturated heterocycles. The Balaban J connectivity index is 2.23. The second-order valence-corrected chi connectivity index (χ2v) is 15.1. The standard InChI is InChI=1S/C29H37O2P/c1-21-14-16-26(24(18-21)28(3,4)5)32(30-20-31-32,23-12-10-9-11-13-23)27-17-15-22(2)19-25(27)29(6,7)8/h9-19H,20H2,1-8H3. The molecule has 32 heavy (non-hydrogen) atoms. The summed E-state index contributed by atoms with van der Waals surface area (Å²) in [5.74, 6) is 0. The zero-order valence-corrected chi connectivity index (χ0v) is 21.7. The minimum absolute atomic E-state index is 0.0596. The van der Waals surface area contributed by atoms with Crippen molar-refractivity contribution in [3.05, 3.63) is 89.0 Å². The third-order valence-corrected chi connectivity index (χ3v) is 11.6. The van der Waals surface area contributed by atoms with Crippen molar-refractivity contribution >= 4 is 23.0 Å². The van der Waals surface area contributed by atoms with Crippen LogP contribution in [0.3, 0.4) is 0 Å². The average molecular weight is 449 g/mol. The Labute approximate surface area is 194 Å². The second kappa shape index (κ2) is 7.52. The summed E-state index contributed by atoms with van der Waals surface area (Å²) in [6.45, 7) is 18.3. The molecule has 0 aromatic heterocycles. The summed E-state index contributed by atoms with van der Waals surface area (Å²) in [6.07, 6.45) is 0. The van der Waals surface area contributed by atoms with Gasteiger partial charge in [0.25, 0.3) is 0 Å². The molecule has 0 aliphatic carbocycles. The molecule has 3 aromatic carbocycles. The molecule has 170 valence electrons. The van der Waals surface area contributed by atoms with E-state index in [-0.39, 0.29) is 10.8 Å². The predicted molar refractivity (Wildman–Crippen MR) is 139 cm³/mol. The van der Waals surface area contributed by atoms with Crippen LogP contribution in [0.25, 0.3) is 0 Å². The fraction of sp³-hybridized carbons (Fsp3) is 0.379. The SMILES string of the molecule is Cc1ccc(P2(c3ccccc3)(c3ccc(C)cc3C(C)(C)C)OCO2)c(C(C)(C)C)c1. The van der Waals surface area contributed by atoms with Gasteiger partial charge in [-0.2, -0.15) is 0 Å². The van der Waals surface area contributed by atoms with Crippen molar-refractivity contribution in [1.29, 1.82) is 0 Å². The number of rotatable bonds is 3. The first kappa shape index (κ1) is 23.2. The third kappa shape index (κ3) is 3.36. The van der Waals surface area contributed by atoms with Crippen molar-refractivity contribution in [2.24, 2.45) is 0 Å². The molecule has 3 heteroatoms. The van der Waals surface area contributed by atoms with Crippen molar-refractivity contribution in [2.75, 3.05) is 6.79 Å². The van der Waals surface area contributed by atoms with E-state index in [1.807, 2.05) is 0 Å². The van der Waals surface area contributed by atoms with E-state index in [0.29, 0.717) is 6.79 Å². The average Bonchev–Trinajstić information content (AvgIpc) is 2.68. The number of benzene rings is 3. The van der Waals surface area contributed by atoms with Crippen LogP contribution in [-0.2, 0) is 19.9 Å². The van der Waals surface area contributed by atoms with Crippen LogP contribution in [0.15, 0.2) is 66.7 Å². The molecule has 0 spiro atoms. The Morgan fingerprint density at radius 2 is 1.06 bits per heavy atom. The Bertz CT molecular complexity index is 1080. The zero-order valence-electron chi connectivity index (χ0n) is 20.8. The van der Waals surface area contributed by atoms with Crippen molar-refractivity contribution in [3.8, 4) is 0 Å². The van der Waals surface area contributed by atoms with E-state index in [9.17, 15) is 0 Å². The number of hydrogen-bond donors (Lipinski definition) is 0. The van der Waals surface area contributed by atoms with E-state index in [0.717, 1.165) is 5.30 Å². The first-order valence-electron chi connectivity index (χ1n) is 11.5. The van der Waals surface area contributed by atoms with Crippen LogP contribution in [0, 0.1) is 13.8 Å². The van der Waals surface area contributed by atoms with E-state index in [4.69, 9.17) is 9.05 Å². The van der Waals surface area contributed by atoms with E-state index < -0.39 is 7.06 Å². The van der Waals surface area contributed by atoms with Gasteiger partial charge in [0.05, 0.1) is 0 Å². The molecule has 0 unspecified atom stereocenters. The second-order valence-electron chi connectivity index (χ2n) is 11.2. The minimum atomic E-state index is -3.60. The van der Waals surface area contributed by atoms with Crippen LogP contribution in [0.4, 0.5) is 0 Å². The summed E-state index contributed by atoms with van der Waals surface area (Å²) < 4.78 is 13.8. The first-order chi connectivity index (χ1) is 14.9. The van der Waals surface area contributed by atoms with Gasteiger partial charge < -0.3 is 0 Å². The van der Waals surface area contributed by atoms with Crippen LogP contribution in [0.2, 0.25) is 0 Å². The molecule has 1 heterocycles. The summed E-state index contributed by atoms with van der Waals surface area (Å²) in [6, 6.07) is 24.2. The van der Waals surface area contributed by atoms with Crippen molar-refractivity contribution in [1.82, 2.24) is 0 Å². The molecule has 0 N–H and O–H groups in total. The van der Waals surface area contributed by atoms with Crippen LogP contribution in [0.1, 0.15) is 63.8 Å². The summed E-state index contributed by atoms with van der Waals surface area (Å²) in [5, 5.41) is 3.52. The molecule has 3 aromatic rings. The summed E-state index contributed by atoms with van der Waals surface area (Å²) in [5.41, 5.74) is 4.97. The quantitative estimate of drug-likeness (QED) is 0.422. The molecule has 0 atom stereocenters. The number of hydrogen-bond acceptors (Lipinski definition) is 2. The molecule has 1 fully saturated rings. The van der Waals surface area contributed by atoms with Crippen LogP contribution >= 0.6 is 7.06 Å². The summed E-state index contributed by atoms with van der Waals surface area (Å²) in [4.78, 5) is 0. The Kier molecular flexibility index (Phi) is 5.45. The maximum atomic E-state index is 6.92. The fourth-order valence-electron chi connectivity index (χ4n) is 4.95. The summed E-state index contributed by atoms with van der Waals surface area (Å²) >= 11 is 0. The summed E-state index contributed by atoms with van der Waals surface area (Å²) in [7, 11) is -3.60. The molecule has 0 amide bonds. The van der Waals surface area contributed by atoms with E-state index in [1.165, 1.54) is 32.9 Å². The molecule has 4 rings (SSSR count). The van der Waals surface area contributed by atoms with Gasteiger partial charge in [-0.3, -0.25) is 0 Å². The Morgan fingerprint density at radius 3 is 1.41 bits per heavy atom. The van der Waals surface area contributed by atoms with E-state index in [2.05, 4.69) is 122 Å². The van der Waals surface area contributed by atoms with Crippen molar-refractivity contribution in [2.45, 2.75) is 66.2 Å². The van der Waals surface area contributed by atoms with Gasteiger partial charge in [0.2, 0.25) is 0 Å². The van der Waals surface area contributed by atoms with Gasteiger partial charge in [-0.05, 0) is 0 Å². The van der Waals surface area contributed by atoms with Crippen LogP contribution < -0.4 is 15.9 Å². The molecule has 0 saturated carbocycles. The zero-order chi connectivity index (χ0) is 23.4. The normalized spacial score (nSPS) is 18.9. The molecule has 2 nitrogen and oxygen atoms in total. The van der Waals surface area contributed by atoms with Crippen molar-refractivity contribution in [3.63, 3.8) is 0 Å². The first-order valence-corrected chi connectivity index (χ1v) is 13.6. The maximum absolute atomic E-state index is 6.92. The monoisotopic (exact) mass is 448 g/mol. The van der Waals surface area contributed by atoms with Crippen molar-refractivity contribution < 1.29 is 9.05 Å². The van der Waals surface area contributed by atoms with Gasteiger partial charge in [0, 0.05) is 0 Å². The molecule has 1 aliphatic heterocycles. The van der Waals surface area contributed by atoms with Gasteiger partial charge in [0.1, 0.15) is 0 Å². The fourth-order valence-corrected chi connectivity index (χ4v) is 10.1. The molecular weight excluding hydrogens is 411 g/mol. The third-order valence-electron chi connectivity index (χ3n) is 6.62. The van der Waals surface area contributed by atoms with Gasteiger partial charge in [0.15, 0.2) is 0 Å². The molecular formula is C29H37O2P. The molecule has 0 bridgehead atoms. The van der Waals surface area contributed by atoms with Gasteiger partial charge in [-0.25, -0.2) is 0 Å². The predicted octanol–water partition coefficient (Wildman–Crippen LogP) is 6.56. The Hall–Kier alpha value is -1.99.